The van der Waals surface area contributed by atoms with Crippen LogP contribution < -0.4 is 5.32 Å². The summed E-state index contributed by atoms with van der Waals surface area (Å²) in [5, 5.41) is 3.60. The molecule has 108 valence electrons. The van der Waals surface area contributed by atoms with Crippen LogP contribution in [0.2, 0.25) is 0 Å². The molecule has 5 heteroatoms. The fourth-order valence-corrected chi connectivity index (χ4v) is 2.92. The van der Waals surface area contributed by atoms with E-state index in [1.165, 1.54) is 32.1 Å². The van der Waals surface area contributed by atoms with E-state index in [-0.39, 0.29) is 0 Å². The summed E-state index contributed by atoms with van der Waals surface area (Å²) in [4.78, 5) is 8.83. The molecule has 1 fully saturated rings. The van der Waals surface area contributed by atoms with E-state index < -0.39 is 0 Å². The smallest absolute Gasteiger partial charge is 0.202 e. The van der Waals surface area contributed by atoms with Crippen LogP contribution >= 0.6 is 0 Å². The van der Waals surface area contributed by atoms with E-state index in [1.54, 1.807) is 0 Å². The predicted octanol–water partition coefficient (Wildman–Crippen LogP) is 2.60. The van der Waals surface area contributed by atoms with Crippen LogP contribution in [0, 0.1) is 0 Å². The molecule has 3 rings (SSSR count). The van der Waals surface area contributed by atoms with Crippen molar-refractivity contribution in [2.75, 3.05) is 5.32 Å². The summed E-state index contributed by atoms with van der Waals surface area (Å²) in [6, 6.07) is 0.595. The highest BCUT2D eigenvalue weighted by Gasteiger charge is 2.15. The molecule has 0 atom stereocenters. The second kappa shape index (κ2) is 6.11. The van der Waals surface area contributed by atoms with Crippen molar-refractivity contribution in [3.63, 3.8) is 0 Å². The first-order chi connectivity index (χ1) is 9.83. The summed E-state index contributed by atoms with van der Waals surface area (Å²) in [5.41, 5.74) is 0. The Bertz CT molecular complexity index is 536. The third-order valence-corrected chi connectivity index (χ3v) is 4.15. The molecule has 0 aliphatic heterocycles. The number of anilines is 1. The molecule has 0 saturated heterocycles. The first-order valence-electron chi connectivity index (χ1n) is 7.57. The molecular formula is C15H23N5. The minimum Gasteiger partial charge on any atom is -0.353 e. The Morgan fingerprint density at radius 2 is 1.95 bits per heavy atom. The van der Waals surface area contributed by atoms with Gasteiger partial charge in [-0.25, -0.2) is 9.97 Å². The van der Waals surface area contributed by atoms with Crippen LogP contribution in [-0.2, 0) is 20.0 Å². The Balaban J connectivity index is 1.60. The van der Waals surface area contributed by atoms with Crippen LogP contribution in [0.3, 0.4) is 0 Å². The van der Waals surface area contributed by atoms with Crippen molar-refractivity contribution in [2.24, 2.45) is 7.05 Å². The maximum absolute atomic E-state index is 4.46. The van der Waals surface area contributed by atoms with Gasteiger partial charge in [0.1, 0.15) is 5.82 Å². The molecule has 0 aromatic carbocycles. The lowest BCUT2D eigenvalue weighted by Crippen LogP contribution is -2.24. The van der Waals surface area contributed by atoms with Gasteiger partial charge in [0.2, 0.25) is 5.95 Å². The molecule has 0 unspecified atom stereocenters. The van der Waals surface area contributed by atoms with Crippen molar-refractivity contribution in [1.82, 2.24) is 19.1 Å². The molecule has 2 aromatic heterocycles. The van der Waals surface area contributed by atoms with Gasteiger partial charge in [0, 0.05) is 50.8 Å². The highest BCUT2D eigenvalue weighted by Crippen LogP contribution is 2.21. The van der Waals surface area contributed by atoms with Crippen LogP contribution in [-0.4, -0.2) is 25.1 Å². The van der Waals surface area contributed by atoms with Crippen LogP contribution in [0.25, 0.3) is 0 Å². The van der Waals surface area contributed by atoms with Crippen LogP contribution in [0.5, 0.6) is 0 Å². The second-order valence-corrected chi connectivity index (χ2v) is 5.63. The first kappa shape index (κ1) is 13.2. The number of imidazole rings is 2. The standard InChI is InChI=1S/C15H23N5/c1-19-11-8-16-14(19)7-10-20-12-9-17-15(20)18-13-5-3-2-4-6-13/h8-9,11-13H,2-7,10H2,1H3,(H,17,18). The molecule has 20 heavy (non-hydrogen) atoms. The zero-order chi connectivity index (χ0) is 13.8. The molecule has 1 aliphatic rings. The summed E-state index contributed by atoms with van der Waals surface area (Å²) < 4.78 is 4.27. The molecule has 0 bridgehead atoms. The van der Waals surface area contributed by atoms with Gasteiger partial charge in [0.05, 0.1) is 0 Å². The number of aromatic nitrogens is 4. The lowest BCUT2D eigenvalue weighted by molar-refractivity contribution is 0.458. The molecule has 0 radical (unpaired) electrons. The highest BCUT2D eigenvalue weighted by molar-refractivity contribution is 5.27. The zero-order valence-electron chi connectivity index (χ0n) is 12.1. The number of hydrogen-bond acceptors (Lipinski definition) is 3. The van der Waals surface area contributed by atoms with E-state index in [1.807, 2.05) is 31.8 Å². The number of nitrogens with one attached hydrogen (secondary N) is 1. The fraction of sp³-hybridized carbons (Fsp3) is 0.600. The third kappa shape index (κ3) is 3.03. The van der Waals surface area contributed by atoms with Gasteiger partial charge in [-0.1, -0.05) is 19.3 Å². The summed E-state index contributed by atoms with van der Waals surface area (Å²) in [5.74, 6) is 2.12. The molecule has 0 spiro atoms. The van der Waals surface area contributed by atoms with E-state index in [0.717, 1.165) is 24.7 Å². The van der Waals surface area contributed by atoms with Crippen molar-refractivity contribution < 1.29 is 0 Å². The van der Waals surface area contributed by atoms with Gasteiger partial charge < -0.3 is 14.5 Å². The molecular weight excluding hydrogens is 250 g/mol. The largest absolute Gasteiger partial charge is 0.353 e. The van der Waals surface area contributed by atoms with E-state index >= 15 is 0 Å². The molecule has 1 N–H and O–H groups in total. The highest BCUT2D eigenvalue weighted by atomic mass is 15.2. The Morgan fingerprint density at radius 1 is 1.15 bits per heavy atom. The molecule has 0 amide bonds. The number of rotatable bonds is 5. The van der Waals surface area contributed by atoms with Crippen molar-refractivity contribution in [1.29, 1.82) is 0 Å². The van der Waals surface area contributed by atoms with Crippen LogP contribution in [0.15, 0.2) is 24.8 Å². The van der Waals surface area contributed by atoms with Crippen molar-refractivity contribution >= 4 is 5.95 Å². The van der Waals surface area contributed by atoms with Gasteiger partial charge >= 0.3 is 0 Å². The summed E-state index contributed by atoms with van der Waals surface area (Å²) in [7, 11) is 2.04. The summed E-state index contributed by atoms with van der Waals surface area (Å²) in [6.07, 6.45) is 15.3. The normalized spacial score (nSPS) is 16.4. The van der Waals surface area contributed by atoms with E-state index in [4.69, 9.17) is 0 Å². The SMILES string of the molecule is Cn1ccnc1CCn1ccnc1NC1CCCCC1. The molecule has 2 heterocycles. The first-order valence-corrected chi connectivity index (χ1v) is 7.57. The molecule has 5 nitrogen and oxygen atoms in total. The maximum Gasteiger partial charge on any atom is 0.202 e. The topological polar surface area (TPSA) is 47.7 Å². The van der Waals surface area contributed by atoms with Crippen molar-refractivity contribution in [2.45, 2.75) is 51.1 Å². The van der Waals surface area contributed by atoms with Crippen LogP contribution in [0.4, 0.5) is 5.95 Å². The number of nitrogens with zero attached hydrogens (tertiary/aromatic N) is 4. The minimum atomic E-state index is 0.595. The van der Waals surface area contributed by atoms with E-state index in [0.29, 0.717) is 6.04 Å². The number of hydrogen-bond donors (Lipinski definition) is 1. The third-order valence-electron chi connectivity index (χ3n) is 4.15. The van der Waals surface area contributed by atoms with Crippen molar-refractivity contribution in [3.05, 3.63) is 30.6 Å². The fourth-order valence-electron chi connectivity index (χ4n) is 2.92. The Kier molecular flexibility index (Phi) is 4.04. The van der Waals surface area contributed by atoms with Gasteiger partial charge in [-0.2, -0.15) is 0 Å². The second-order valence-electron chi connectivity index (χ2n) is 5.63. The Morgan fingerprint density at radius 3 is 2.70 bits per heavy atom. The average Bonchev–Trinajstić information content (AvgIpc) is 3.07. The lowest BCUT2D eigenvalue weighted by Gasteiger charge is -2.23. The zero-order valence-corrected chi connectivity index (χ0v) is 12.1. The van der Waals surface area contributed by atoms with E-state index in [2.05, 4.69) is 24.4 Å². The lowest BCUT2D eigenvalue weighted by atomic mass is 9.96. The van der Waals surface area contributed by atoms with Crippen LogP contribution in [0.1, 0.15) is 37.9 Å². The van der Waals surface area contributed by atoms with E-state index in [9.17, 15) is 0 Å². The average molecular weight is 273 g/mol. The Hall–Kier alpha value is -1.78. The van der Waals surface area contributed by atoms with Crippen molar-refractivity contribution in [3.8, 4) is 0 Å². The van der Waals surface area contributed by atoms with Gasteiger partial charge in [-0.15, -0.1) is 0 Å². The minimum absolute atomic E-state index is 0.595. The van der Waals surface area contributed by atoms with Gasteiger partial charge in [-0.3, -0.25) is 0 Å². The monoisotopic (exact) mass is 273 g/mol. The number of aryl methyl sites for hydroxylation is 3. The van der Waals surface area contributed by atoms with Gasteiger partial charge in [0.25, 0.3) is 0 Å². The maximum atomic E-state index is 4.46. The summed E-state index contributed by atoms with van der Waals surface area (Å²) >= 11 is 0. The molecule has 2 aromatic rings. The molecule has 1 saturated carbocycles. The van der Waals surface area contributed by atoms with Gasteiger partial charge in [-0.05, 0) is 12.8 Å². The quantitative estimate of drug-likeness (QED) is 0.911. The molecule has 1 aliphatic carbocycles. The summed E-state index contributed by atoms with van der Waals surface area (Å²) in [6.45, 7) is 0.917. The Labute approximate surface area is 120 Å². The predicted molar refractivity (Wildman–Crippen MR) is 79.6 cm³/mol. The van der Waals surface area contributed by atoms with Gasteiger partial charge in [0.15, 0.2) is 0 Å².